The van der Waals surface area contributed by atoms with E-state index in [9.17, 15) is 0 Å². The molecule has 0 amide bonds. The average Bonchev–Trinajstić information content (AvgIpc) is 2.71. The Hall–Kier alpha value is -1.19. The van der Waals surface area contributed by atoms with Gasteiger partial charge in [-0.1, -0.05) is 38.1 Å². The fourth-order valence-corrected chi connectivity index (χ4v) is 3.05. The zero-order valence-corrected chi connectivity index (χ0v) is 12.3. The second-order valence-corrected chi connectivity index (χ2v) is 5.91. The smallest absolute Gasteiger partial charge is 0.107 e. The first-order valence-corrected chi connectivity index (χ1v) is 7.14. The van der Waals surface area contributed by atoms with Gasteiger partial charge in [-0.05, 0) is 31.0 Å². The second kappa shape index (κ2) is 5.63. The van der Waals surface area contributed by atoms with Gasteiger partial charge in [0.05, 0.1) is 10.6 Å². The number of nitrogens with zero attached hydrogens (tertiary/aromatic N) is 1. The van der Waals surface area contributed by atoms with Gasteiger partial charge in [0, 0.05) is 6.54 Å². The molecule has 0 aliphatic heterocycles. The molecule has 0 aliphatic carbocycles. The van der Waals surface area contributed by atoms with E-state index in [4.69, 9.17) is 0 Å². The Morgan fingerprint density at radius 3 is 2.44 bits per heavy atom. The van der Waals surface area contributed by atoms with Gasteiger partial charge in [0.15, 0.2) is 0 Å². The predicted octanol–water partition coefficient (Wildman–Crippen LogP) is 3.96. The van der Waals surface area contributed by atoms with Crippen LogP contribution >= 0.6 is 11.3 Å². The summed E-state index contributed by atoms with van der Waals surface area (Å²) < 4.78 is 0. The first-order chi connectivity index (χ1) is 8.61. The minimum Gasteiger partial charge on any atom is -0.314 e. The average molecular weight is 260 g/mol. The van der Waals surface area contributed by atoms with Gasteiger partial charge in [0.2, 0.25) is 0 Å². The van der Waals surface area contributed by atoms with Gasteiger partial charge in [-0.25, -0.2) is 4.98 Å². The second-order valence-electron chi connectivity index (χ2n) is 4.83. The molecule has 0 saturated heterocycles. The summed E-state index contributed by atoms with van der Waals surface area (Å²) in [6.07, 6.45) is 0. The van der Waals surface area contributed by atoms with E-state index in [1.165, 1.54) is 16.0 Å². The van der Waals surface area contributed by atoms with E-state index in [0.717, 1.165) is 17.2 Å². The Morgan fingerprint density at radius 2 is 1.89 bits per heavy atom. The number of hydrogen-bond donors (Lipinski definition) is 1. The van der Waals surface area contributed by atoms with Gasteiger partial charge in [-0.15, -0.1) is 11.3 Å². The van der Waals surface area contributed by atoms with Gasteiger partial charge < -0.3 is 5.32 Å². The number of aryl methyl sites for hydroxylation is 1. The van der Waals surface area contributed by atoms with E-state index in [2.05, 4.69) is 55.3 Å². The fraction of sp³-hybridized carbons (Fsp3) is 0.400. The molecule has 0 unspecified atom stereocenters. The van der Waals surface area contributed by atoms with Crippen molar-refractivity contribution in [1.82, 2.24) is 10.3 Å². The summed E-state index contributed by atoms with van der Waals surface area (Å²) in [4.78, 5) is 5.88. The molecule has 1 aromatic heterocycles. The van der Waals surface area contributed by atoms with Crippen molar-refractivity contribution in [3.05, 3.63) is 40.5 Å². The van der Waals surface area contributed by atoms with E-state index in [0.29, 0.717) is 5.92 Å². The number of benzene rings is 1. The lowest BCUT2D eigenvalue weighted by molar-refractivity contribution is 0.807. The van der Waals surface area contributed by atoms with Gasteiger partial charge in [-0.3, -0.25) is 0 Å². The quantitative estimate of drug-likeness (QED) is 0.900. The molecule has 1 heterocycles. The Balaban J connectivity index is 2.30. The number of aromatic nitrogens is 1. The molecule has 0 saturated carbocycles. The molecule has 0 bridgehead atoms. The molecule has 0 aliphatic rings. The number of thiazole rings is 1. The monoisotopic (exact) mass is 260 g/mol. The maximum atomic E-state index is 4.59. The Morgan fingerprint density at radius 1 is 1.22 bits per heavy atom. The zero-order chi connectivity index (χ0) is 13.1. The zero-order valence-electron chi connectivity index (χ0n) is 11.4. The van der Waals surface area contributed by atoms with E-state index >= 15 is 0 Å². The van der Waals surface area contributed by atoms with Gasteiger partial charge in [0.1, 0.15) is 5.01 Å². The molecule has 3 heteroatoms. The molecule has 96 valence electrons. The van der Waals surface area contributed by atoms with E-state index < -0.39 is 0 Å². The molecule has 0 atom stereocenters. The van der Waals surface area contributed by atoms with E-state index in [1.807, 2.05) is 7.05 Å². The minimum atomic E-state index is 0.585. The van der Waals surface area contributed by atoms with Crippen LogP contribution in [0.1, 0.15) is 36.0 Å². The summed E-state index contributed by atoms with van der Waals surface area (Å²) in [5.74, 6) is 0.585. The number of nitrogens with one attached hydrogen (secondary N) is 1. The SMILES string of the molecule is CNCc1nc(C)c(-c2ccc(C(C)C)cc2)s1. The lowest BCUT2D eigenvalue weighted by Crippen LogP contribution is -2.04. The van der Waals surface area contributed by atoms with Crippen molar-refractivity contribution in [1.29, 1.82) is 0 Å². The summed E-state index contributed by atoms with van der Waals surface area (Å²) in [7, 11) is 1.95. The van der Waals surface area contributed by atoms with Crippen molar-refractivity contribution in [2.75, 3.05) is 7.05 Å². The van der Waals surface area contributed by atoms with Crippen LogP contribution in [0.3, 0.4) is 0 Å². The molecule has 2 nitrogen and oxygen atoms in total. The van der Waals surface area contributed by atoms with Crippen LogP contribution in [0.2, 0.25) is 0 Å². The summed E-state index contributed by atoms with van der Waals surface area (Å²) in [5, 5.41) is 4.30. The van der Waals surface area contributed by atoms with Crippen molar-refractivity contribution < 1.29 is 0 Å². The highest BCUT2D eigenvalue weighted by atomic mass is 32.1. The Labute approximate surface area is 113 Å². The lowest BCUT2D eigenvalue weighted by atomic mass is 10.0. The van der Waals surface area contributed by atoms with Crippen molar-refractivity contribution >= 4 is 11.3 Å². The van der Waals surface area contributed by atoms with Gasteiger partial charge in [-0.2, -0.15) is 0 Å². The van der Waals surface area contributed by atoms with Crippen LogP contribution in [-0.4, -0.2) is 12.0 Å². The van der Waals surface area contributed by atoms with Crippen LogP contribution in [0, 0.1) is 6.92 Å². The van der Waals surface area contributed by atoms with Crippen LogP contribution < -0.4 is 5.32 Å². The molecular formula is C15H20N2S. The van der Waals surface area contributed by atoms with Crippen molar-refractivity contribution in [2.45, 2.75) is 33.2 Å². The van der Waals surface area contributed by atoms with E-state index in [-0.39, 0.29) is 0 Å². The highest BCUT2D eigenvalue weighted by Crippen LogP contribution is 2.30. The van der Waals surface area contributed by atoms with Crippen molar-refractivity contribution in [3.8, 4) is 10.4 Å². The molecule has 18 heavy (non-hydrogen) atoms. The molecule has 2 rings (SSSR count). The van der Waals surface area contributed by atoms with Crippen molar-refractivity contribution in [3.63, 3.8) is 0 Å². The number of rotatable bonds is 4. The largest absolute Gasteiger partial charge is 0.314 e. The highest BCUT2D eigenvalue weighted by Gasteiger charge is 2.09. The molecular weight excluding hydrogens is 240 g/mol. The van der Waals surface area contributed by atoms with Crippen molar-refractivity contribution in [2.24, 2.45) is 0 Å². The first kappa shape index (κ1) is 13.2. The van der Waals surface area contributed by atoms with Crippen LogP contribution in [0.5, 0.6) is 0 Å². The predicted molar refractivity (Wildman–Crippen MR) is 79.1 cm³/mol. The molecule has 0 spiro atoms. The molecule has 1 N–H and O–H groups in total. The fourth-order valence-electron chi connectivity index (χ4n) is 1.97. The molecule has 2 aromatic rings. The minimum absolute atomic E-state index is 0.585. The van der Waals surface area contributed by atoms with Crippen LogP contribution in [0.25, 0.3) is 10.4 Å². The highest BCUT2D eigenvalue weighted by molar-refractivity contribution is 7.15. The molecule has 1 aromatic carbocycles. The van der Waals surface area contributed by atoms with Crippen LogP contribution in [0.15, 0.2) is 24.3 Å². The lowest BCUT2D eigenvalue weighted by Gasteiger charge is -2.06. The number of hydrogen-bond acceptors (Lipinski definition) is 3. The van der Waals surface area contributed by atoms with Gasteiger partial charge >= 0.3 is 0 Å². The third kappa shape index (κ3) is 2.79. The van der Waals surface area contributed by atoms with E-state index in [1.54, 1.807) is 11.3 Å². The standard InChI is InChI=1S/C15H20N2S/c1-10(2)12-5-7-13(8-6-12)15-11(3)17-14(18-15)9-16-4/h5-8,10,16H,9H2,1-4H3. The van der Waals surface area contributed by atoms with Crippen LogP contribution in [0.4, 0.5) is 0 Å². The maximum absolute atomic E-state index is 4.59. The van der Waals surface area contributed by atoms with Crippen LogP contribution in [-0.2, 0) is 6.54 Å². The third-order valence-electron chi connectivity index (χ3n) is 3.01. The third-order valence-corrected chi connectivity index (χ3v) is 4.21. The summed E-state index contributed by atoms with van der Waals surface area (Å²) in [5.41, 5.74) is 3.79. The summed E-state index contributed by atoms with van der Waals surface area (Å²) in [6.45, 7) is 7.37. The Kier molecular flexibility index (Phi) is 4.15. The molecule has 0 fully saturated rings. The summed E-state index contributed by atoms with van der Waals surface area (Å²) in [6, 6.07) is 8.85. The normalized spacial score (nSPS) is 11.2. The maximum Gasteiger partial charge on any atom is 0.107 e. The Bertz CT molecular complexity index is 512. The van der Waals surface area contributed by atoms with Gasteiger partial charge in [0.25, 0.3) is 0 Å². The topological polar surface area (TPSA) is 24.9 Å². The first-order valence-electron chi connectivity index (χ1n) is 6.33. The summed E-state index contributed by atoms with van der Waals surface area (Å²) >= 11 is 1.78. The molecule has 0 radical (unpaired) electrons.